The van der Waals surface area contributed by atoms with Crippen molar-refractivity contribution >= 4 is 11.9 Å². The third-order valence-corrected chi connectivity index (χ3v) is 4.96. The SMILES string of the molecule is CCOc1cc(/C=C/C(=O)c2cnn(CC)c2C)ccc1OC1CCCC1. The van der Waals surface area contributed by atoms with Crippen LogP contribution in [-0.4, -0.2) is 28.3 Å². The van der Waals surface area contributed by atoms with Crippen LogP contribution in [0.25, 0.3) is 6.08 Å². The van der Waals surface area contributed by atoms with Gasteiger partial charge in [0.15, 0.2) is 17.3 Å². The summed E-state index contributed by atoms with van der Waals surface area (Å²) in [5.41, 5.74) is 2.44. The standard InChI is InChI=1S/C22H28N2O3/c1-4-24-16(3)19(15-23-24)20(25)12-10-17-11-13-21(22(14-17)26-5-2)27-18-8-6-7-9-18/h10-15,18H,4-9H2,1-3H3/b12-10+. The summed E-state index contributed by atoms with van der Waals surface area (Å²) >= 11 is 0. The first-order valence-electron chi connectivity index (χ1n) is 9.80. The zero-order valence-electron chi connectivity index (χ0n) is 16.4. The molecule has 1 saturated carbocycles. The number of hydrogen-bond acceptors (Lipinski definition) is 4. The van der Waals surface area contributed by atoms with Gasteiger partial charge in [-0.15, -0.1) is 0 Å². The Hall–Kier alpha value is -2.56. The molecule has 27 heavy (non-hydrogen) atoms. The average Bonchev–Trinajstić information content (AvgIpc) is 3.31. The van der Waals surface area contributed by atoms with Gasteiger partial charge in [-0.05, 0) is 70.2 Å². The molecule has 0 radical (unpaired) electrons. The molecule has 1 aliphatic rings. The van der Waals surface area contributed by atoms with Crippen molar-refractivity contribution in [2.24, 2.45) is 0 Å². The van der Waals surface area contributed by atoms with Crippen LogP contribution in [0.2, 0.25) is 0 Å². The van der Waals surface area contributed by atoms with Gasteiger partial charge < -0.3 is 9.47 Å². The largest absolute Gasteiger partial charge is 0.490 e. The van der Waals surface area contributed by atoms with Gasteiger partial charge in [-0.3, -0.25) is 9.48 Å². The fourth-order valence-corrected chi connectivity index (χ4v) is 3.45. The second-order valence-corrected chi connectivity index (χ2v) is 6.82. The van der Waals surface area contributed by atoms with E-state index in [9.17, 15) is 4.79 Å². The molecule has 144 valence electrons. The molecule has 3 rings (SSSR count). The van der Waals surface area contributed by atoms with Gasteiger partial charge in [0, 0.05) is 12.2 Å². The molecule has 0 saturated heterocycles. The molecule has 1 aromatic carbocycles. The minimum absolute atomic E-state index is 0.0450. The summed E-state index contributed by atoms with van der Waals surface area (Å²) in [4.78, 5) is 12.5. The maximum atomic E-state index is 12.5. The Balaban J connectivity index is 1.75. The Morgan fingerprint density at radius 3 is 2.70 bits per heavy atom. The summed E-state index contributed by atoms with van der Waals surface area (Å²) in [5.74, 6) is 1.47. The Kier molecular flexibility index (Phi) is 6.32. The number of hydrogen-bond donors (Lipinski definition) is 0. The molecule has 0 aliphatic heterocycles. The second-order valence-electron chi connectivity index (χ2n) is 6.82. The van der Waals surface area contributed by atoms with Crippen molar-refractivity contribution in [3.63, 3.8) is 0 Å². The lowest BCUT2D eigenvalue weighted by Crippen LogP contribution is -2.11. The first kappa shape index (κ1) is 19.2. The van der Waals surface area contributed by atoms with Crippen LogP contribution in [0.15, 0.2) is 30.5 Å². The maximum Gasteiger partial charge on any atom is 0.189 e. The van der Waals surface area contributed by atoms with Crippen molar-refractivity contribution in [2.45, 2.75) is 59.1 Å². The zero-order chi connectivity index (χ0) is 19.2. The molecule has 1 heterocycles. The van der Waals surface area contributed by atoms with Gasteiger partial charge in [0.2, 0.25) is 0 Å². The van der Waals surface area contributed by atoms with Crippen LogP contribution in [-0.2, 0) is 6.54 Å². The minimum atomic E-state index is -0.0450. The number of aromatic nitrogens is 2. The van der Waals surface area contributed by atoms with Crippen LogP contribution in [0.3, 0.4) is 0 Å². The zero-order valence-corrected chi connectivity index (χ0v) is 16.4. The molecule has 0 unspecified atom stereocenters. The van der Waals surface area contributed by atoms with Crippen LogP contribution >= 0.6 is 0 Å². The van der Waals surface area contributed by atoms with Gasteiger partial charge in [0.25, 0.3) is 0 Å². The van der Waals surface area contributed by atoms with E-state index in [4.69, 9.17) is 9.47 Å². The van der Waals surface area contributed by atoms with Crippen molar-refractivity contribution in [3.05, 3.63) is 47.3 Å². The number of ether oxygens (including phenoxy) is 2. The van der Waals surface area contributed by atoms with Gasteiger partial charge in [0.1, 0.15) is 0 Å². The van der Waals surface area contributed by atoms with Crippen molar-refractivity contribution < 1.29 is 14.3 Å². The third kappa shape index (κ3) is 4.59. The first-order chi connectivity index (χ1) is 13.1. The van der Waals surface area contributed by atoms with Gasteiger partial charge in [-0.25, -0.2) is 0 Å². The Bertz CT molecular complexity index is 817. The van der Waals surface area contributed by atoms with Crippen molar-refractivity contribution in [1.82, 2.24) is 9.78 Å². The number of ketones is 1. The maximum absolute atomic E-state index is 12.5. The molecular weight excluding hydrogens is 340 g/mol. The molecule has 0 atom stereocenters. The molecule has 5 heteroatoms. The molecule has 1 aromatic heterocycles. The third-order valence-electron chi connectivity index (χ3n) is 4.96. The van der Waals surface area contributed by atoms with E-state index in [1.807, 2.05) is 49.7 Å². The van der Waals surface area contributed by atoms with Crippen molar-refractivity contribution in [2.75, 3.05) is 6.61 Å². The quantitative estimate of drug-likeness (QED) is 0.495. The smallest absolute Gasteiger partial charge is 0.189 e. The second kappa shape index (κ2) is 8.89. The predicted molar refractivity (Wildman–Crippen MR) is 106 cm³/mol. The van der Waals surface area contributed by atoms with Crippen molar-refractivity contribution in [3.8, 4) is 11.5 Å². The van der Waals surface area contributed by atoms with Crippen LogP contribution in [0, 0.1) is 6.92 Å². The first-order valence-corrected chi connectivity index (χ1v) is 9.80. The van der Waals surface area contributed by atoms with Crippen LogP contribution in [0.5, 0.6) is 11.5 Å². The molecule has 0 spiro atoms. The topological polar surface area (TPSA) is 53.3 Å². The monoisotopic (exact) mass is 368 g/mol. The van der Waals surface area contributed by atoms with Crippen molar-refractivity contribution in [1.29, 1.82) is 0 Å². The number of allylic oxidation sites excluding steroid dienone is 1. The molecular formula is C22H28N2O3. The molecule has 0 amide bonds. The fraction of sp³-hybridized carbons (Fsp3) is 0.455. The Labute approximate surface area is 161 Å². The number of benzene rings is 1. The lowest BCUT2D eigenvalue weighted by Gasteiger charge is -2.17. The highest BCUT2D eigenvalue weighted by atomic mass is 16.5. The summed E-state index contributed by atoms with van der Waals surface area (Å²) < 4.78 is 13.7. The molecule has 0 bridgehead atoms. The van der Waals surface area contributed by atoms with Crippen LogP contribution in [0.1, 0.15) is 61.1 Å². The lowest BCUT2D eigenvalue weighted by atomic mass is 10.1. The average molecular weight is 368 g/mol. The van der Waals surface area contributed by atoms with E-state index in [0.29, 0.717) is 12.2 Å². The number of rotatable bonds is 8. The highest BCUT2D eigenvalue weighted by Crippen LogP contribution is 2.33. The molecule has 1 fully saturated rings. The minimum Gasteiger partial charge on any atom is -0.490 e. The Morgan fingerprint density at radius 2 is 2.04 bits per heavy atom. The number of carbonyl (C=O) groups is 1. The molecule has 2 aromatic rings. The summed E-state index contributed by atoms with van der Waals surface area (Å²) in [6.45, 7) is 7.21. The summed E-state index contributed by atoms with van der Waals surface area (Å²) in [6.07, 6.45) is 9.98. The van der Waals surface area contributed by atoms with E-state index in [0.717, 1.165) is 42.1 Å². The van der Waals surface area contributed by atoms with Crippen LogP contribution < -0.4 is 9.47 Å². The van der Waals surface area contributed by atoms with Crippen LogP contribution in [0.4, 0.5) is 0 Å². The fourth-order valence-electron chi connectivity index (χ4n) is 3.45. The van der Waals surface area contributed by atoms with E-state index in [2.05, 4.69) is 5.10 Å². The molecule has 1 aliphatic carbocycles. The van der Waals surface area contributed by atoms with Gasteiger partial charge in [0.05, 0.1) is 24.5 Å². The predicted octanol–water partition coefficient (Wildman–Crippen LogP) is 4.83. The molecule has 0 N–H and O–H groups in total. The van der Waals surface area contributed by atoms with Gasteiger partial charge >= 0.3 is 0 Å². The molecule has 5 nitrogen and oxygen atoms in total. The Morgan fingerprint density at radius 1 is 1.26 bits per heavy atom. The highest BCUT2D eigenvalue weighted by Gasteiger charge is 2.18. The number of nitrogens with zero attached hydrogens (tertiary/aromatic N) is 2. The van der Waals surface area contributed by atoms with E-state index in [1.54, 1.807) is 12.3 Å². The van der Waals surface area contributed by atoms with E-state index >= 15 is 0 Å². The van der Waals surface area contributed by atoms with E-state index in [-0.39, 0.29) is 11.9 Å². The van der Waals surface area contributed by atoms with Gasteiger partial charge in [-0.1, -0.05) is 12.1 Å². The van der Waals surface area contributed by atoms with Gasteiger partial charge in [-0.2, -0.15) is 5.10 Å². The summed E-state index contributed by atoms with van der Waals surface area (Å²) in [7, 11) is 0. The summed E-state index contributed by atoms with van der Waals surface area (Å²) in [5, 5.41) is 4.23. The summed E-state index contributed by atoms with van der Waals surface area (Å²) in [6, 6.07) is 5.83. The normalized spacial score (nSPS) is 14.8. The van der Waals surface area contributed by atoms with E-state index in [1.165, 1.54) is 12.8 Å². The highest BCUT2D eigenvalue weighted by molar-refractivity contribution is 6.07. The van der Waals surface area contributed by atoms with E-state index < -0.39 is 0 Å². The lowest BCUT2D eigenvalue weighted by molar-refractivity contribution is 0.104. The number of carbonyl (C=O) groups excluding carboxylic acids is 1. The number of aryl methyl sites for hydroxylation is 1.